The number of nitrogens with one attached hydrogen (secondary N) is 2. The summed E-state index contributed by atoms with van der Waals surface area (Å²) in [4.78, 5) is 12.6. The molecule has 2 N–H and O–H groups in total. The van der Waals surface area contributed by atoms with Crippen molar-refractivity contribution in [3.05, 3.63) is 29.3 Å². The summed E-state index contributed by atoms with van der Waals surface area (Å²) in [5, 5.41) is 7.00. The second-order valence-electron chi connectivity index (χ2n) is 4.32. The van der Waals surface area contributed by atoms with Crippen molar-refractivity contribution >= 4 is 41.7 Å². The third-order valence-corrected chi connectivity index (χ3v) is 4.42. The van der Waals surface area contributed by atoms with Crippen LogP contribution in [0.1, 0.15) is 12.8 Å². The zero-order chi connectivity index (χ0) is 12.8. The molecule has 0 spiro atoms. The number of benzene rings is 1. The number of amides is 1. The number of hydrogen-bond acceptors (Lipinski definition) is 3. The number of carbonyl (C=O) groups is 1. The van der Waals surface area contributed by atoms with Gasteiger partial charge in [0, 0.05) is 17.5 Å². The van der Waals surface area contributed by atoms with Crippen molar-refractivity contribution in [3.8, 4) is 0 Å². The van der Waals surface area contributed by atoms with Crippen LogP contribution in [0.2, 0.25) is 5.02 Å². The molecule has 106 valence electrons. The maximum atomic E-state index is 11.7. The highest BCUT2D eigenvalue weighted by Gasteiger charge is 2.14. The molecule has 3 nitrogen and oxygen atoms in total. The normalized spacial score (nSPS) is 17.8. The highest BCUT2D eigenvalue weighted by Crippen LogP contribution is 2.26. The van der Waals surface area contributed by atoms with Crippen molar-refractivity contribution in [2.75, 3.05) is 18.8 Å². The van der Waals surface area contributed by atoms with Crippen LogP contribution in [0.4, 0.5) is 0 Å². The van der Waals surface area contributed by atoms with Crippen LogP contribution in [-0.2, 0) is 4.79 Å². The van der Waals surface area contributed by atoms with E-state index < -0.39 is 0 Å². The number of rotatable bonds is 5. The third-order valence-electron chi connectivity index (χ3n) is 2.90. The summed E-state index contributed by atoms with van der Waals surface area (Å²) in [7, 11) is 0. The molecule has 1 aliphatic heterocycles. The lowest BCUT2D eigenvalue weighted by Crippen LogP contribution is -2.37. The number of carbonyl (C=O) groups excluding carboxylic acids is 1. The van der Waals surface area contributed by atoms with Crippen molar-refractivity contribution < 1.29 is 4.79 Å². The summed E-state index contributed by atoms with van der Waals surface area (Å²) < 4.78 is 0. The first-order valence-corrected chi connectivity index (χ1v) is 7.49. The van der Waals surface area contributed by atoms with Gasteiger partial charge in [-0.25, -0.2) is 0 Å². The van der Waals surface area contributed by atoms with Gasteiger partial charge in [0.05, 0.1) is 10.8 Å². The van der Waals surface area contributed by atoms with E-state index in [2.05, 4.69) is 10.6 Å². The number of halogens is 2. The second-order valence-corrected chi connectivity index (χ2v) is 5.74. The van der Waals surface area contributed by atoms with Crippen molar-refractivity contribution in [2.24, 2.45) is 0 Å². The molecule has 1 aliphatic rings. The van der Waals surface area contributed by atoms with Crippen molar-refractivity contribution in [1.82, 2.24) is 10.6 Å². The molecule has 1 atom stereocenters. The Morgan fingerprint density at radius 2 is 2.26 bits per heavy atom. The fourth-order valence-electron chi connectivity index (χ4n) is 1.92. The Bertz CT molecular complexity index is 411. The molecule has 0 saturated carbocycles. The molecule has 0 bridgehead atoms. The molecule has 1 amide bonds. The second kappa shape index (κ2) is 8.69. The maximum Gasteiger partial charge on any atom is 0.230 e. The predicted molar refractivity (Wildman–Crippen MR) is 83.5 cm³/mol. The van der Waals surface area contributed by atoms with Gasteiger partial charge in [0.2, 0.25) is 5.91 Å². The first kappa shape index (κ1) is 16.6. The van der Waals surface area contributed by atoms with Crippen LogP contribution in [0.15, 0.2) is 29.2 Å². The van der Waals surface area contributed by atoms with Gasteiger partial charge >= 0.3 is 0 Å². The smallest absolute Gasteiger partial charge is 0.230 e. The lowest BCUT2D eigenvalue weighted by Gasteiger charge is -2.11. The molecular formula is C13H18Cl2N2OS. The molecule has 0 radical (unpaired) electrons. The molecular weight excluding hydrogens is 303 g/mol. The summed E-state index contributed by atoms with van der Waals surface area (Å²) in [6, 6.07) is 8.02. The minimum absolute atomic E-state index is 0. The first-order chi connectivity index (χ1) is 8.75. The lowest BCUT2D eigenvalue weighted by atomic mass is 10.2. The topological polar surface area (TPSA) is 41.1 Å². The van der Waals surface area contributed by atoms with E-state index in [-0.39, 0.29) is 18.3 Å². The SMILES string of the molecule is Cl.O=C(CSc1ccccc1Cl)NCC1CCCN1. The predicted octanol–water partition coefficient (Wildman–Crippen LogP) is 2.72. The van der Waals surface area contributed by atoms with Crippen LogP contribution in [-0.4, -0.2) is 30.8 Å². The highest BCUT2D eigenvalue weighted by molar-refractivity contribution is 8.00. The van der Waals surface area contributed by atoms with E-state index in [1.54, 1.807) is 0 Å². The Hall–Kier alpha value is -0.420. The van der Waals surface area contributed by atoms with Gasteiger partial charge in [-0.1, -0.05) is 23.7 Å². The van der Waals surface area contributed by atoms with Crippen molar-refractivity contribution in [3.63, 3.8) is 0 Å². The molecule has 1 fully saturated rings. The lowest BCUT2D eigenvalue weighted by molar-refractivity contribution is -0.118. The molecule has 2 rings (SSSR count). The third kappa shape index (κ3) is 5.61. The molecule has 0 aliphatic carbocycles. The van der Waals surface area contributed by atoms with Gasteiger partial charge in [0.15, 0.2) is 0 Å². The average molecular weight is 321 g/mol. The zero-order valence-corrected chi connectivity index (χ0v) is 12.9. The Balaban J connectivity index is 0.00000180. The van der Waals surface area contributed by atoms with E-state index in [0.29, 0.717) is 16.8 Å². The maximum absolute atomic E-state index is 11.7. The van der Waals surface area contributed by atoms with Gasteiger partial charge in [-0.05, 0) is 31.5 Å². The summed E-state index contributed by atoms with van der Waals surface area (Å²) in [5.74, 6) is 0.477. The molecule has 1 heterocycles. The van der Waals surface area contributed by atoms with Gasteiger partial charge in [0.25, 0.3) is 0 Å². The summed E-state index contributed by atoms with van der Waals surface area (Å²) in [5.41, 5.74) is 0. The summed E-state index contributed by atoms with van der Waals surface area (Å²) >= 11 is 7.50. The van der Waals surface area contributed by atoms with Crippen molar-refractivity contribution in [1.29, 1.82) is 0 Å². The molecule has 19 heavy (non-hydrogen) atoms. The minimum atomic E-state index is 0. The summed E-state index contributed by atoms with van der Waals surface area (Å²) in [6.07, 6.45) is 2.35. The monoisotopic (exact) mass is 320 g/mol. The highest BCUT2D eigenvalue weighted by atomic mass is 35.5. The molecule has 1 unspecified atom stereocenters. The van der Waals surface area contributed by atoms with Gasteiger partial charge in [-0.15, -0.1) is 24.2 Å². The molecule has 0 aromatic heterocycles. The van der Waals surface area contributed by atoms with Crippen LogP contribution in [0.25, 0.3) is 0 Å². The van der Waals surface area contributed by atoms with E-state index in [1.165, 1.54) is 18.2 Å². The largest absolute Gasteiger partial charge is 0.354 e. The van der Waals surface area contributed by atoms with Gasteiger partial charge in [-0.2, -0.15) is 0 Å². The molecule has 1 saturated heterocycles. The fourth-order valence-corrected chi connectivity index (χ4v) is 2.99. The van der Waals surface area contributed by atoms with Crippen LogP contribution >= 0.6 is 35.8 Å². The van der Waals surface area contributed by atoms with E-state index >= 15 is 0 Å². The van der Waals surface area contributed by atoms with Crippen LogP contribution in [0.3, 0.4) is 0 Å². The van der Waals surface area contributed by atoms with Gasteiger partial charge in [0.1, 0.15) is 0 Å². The molecule has 1 aromatic rings. The minimum Gasteiger partial charge on any atom is -0.354 e. The average Bonchev–Trinajstić information content (AvgIpc) is 2.88. The van der Waals surface area contributed by atoms with Gasteiger partial charge in [-0.3, -0.25) is 4.79 Å². The summed E-state index contributed by atoms with van der Waals surface area (Å²) in [6.45, 7) is 1.79. The Morgan fingerprint density at radius 1 is 1.47 bits per heavy atom. The fraction of sp³-hybridized carbons (Fsp3) is 0.462. The van der Waals surface area contributed by atoms with E-state index in [4.69, 9.17) is 11.6 Å². The number of hydrogen-bond donors (Lipinski definition) is 2. The molecule has 1 aromatic carbocycles. The molecule has 6 heteroatoms. The van der Waals surface area contributed by atoms with E-state index in [1.807, 2.05) is 24.3 Å². The Morgan fingerprint density at radius 3 is 2.95 bits per heavy atom. The Kier molecular flexibility index (Phi) is 7.61. The first-order valence-electron chi connectivity index (χ1n) is 6.13. The number of thioether (sulfide) groups is 1. The Labute approximate surface area is 129 Å². The van der Waals surface area contributed by atoms with E-state index in [0.717, 1.165) is 24.4 Å². The zero-order valence-electron chi connectivity index (χ0n) is 10.5. The quantitative estimate of drug-likeness (QED) is 0.820. The van der Waals surface area contributed by atoms with E-state index in [9.17, 15) is 4.79 Å². The van der Waals surface area contributed by atoms with Gasteiger partial charge < -0.3 is 10.6 Å². The van der Waals surface area contributed by atoms with Crippen LogP contribution in [0, 0.1) is 0 Å². The standard InChI is InChI=1S/C13H17ClN2OS.ClH/c14-11-5-1-2-6-12(11)18-9-13(17)16-8-10-4-3-7-15-10;/h1-2,5-6,10,15H,3-4,7-9H2,(H,16,17);1H. The van der Waals surface area contributed by atoms with Crippen LogP contribution < -0.4 is 10.6 Å². The van der Waals surface area contributed by atoms with Crippen LogP contribution in [0.5, 0.6) is 0 Å². The van der Waals surface area contributed by atoms with Crippen molar-refractivity contribution in [2.45, 2.75) is 23.8 Å².